The average molecular weight is 207 g/mol. The van der Waals surface area contributed by atoms with Crippen LogP contribution in [0.5, 0.6) is 0 Å². The molecule has 3 saturated carbocycles. The van der Waals surface area contributed by atoms with Gasteiger partial charge in [-0.25, -0.2) is 0 Å². The second-order valence-electron chi connectivity index (χ2n) is 6.27. The van der Waals surface area contributed by atoms with E-state index in [2.05, 4.69) is 6.92 Å². The van der Waals surface area contributed by atoms with E-state index in [4.69, 9.17) is 5.73 Å². The van der Waals surface area contributed by atoms with Crippen LogP contribution in [0, 0.1) is 23.7 Å². The van der Waals surface area contributed by atoms with Crippen molar-refractivity contribution in [3.05, 3.63) is 0 Å². The molecule has 0 amide bonds. The Balaban J connectivity index is 1.61. The summed E-state index contributed by atoms with van der Waals surface area (Å²) in [6, 6.07) is 0. The molecule has 1 heteroatoms. The third-order valence-corrected chi connectivity index (χ3v) is 5.82. The molecule has 3 rings (SSSR count). The summed E-state index contributed by atoms with van der Waals surface area (Å²) in [7, 11) is 0. The first-order chi connectivity index (χ1) is 7.26. The van der Waals surface area contributed by atoms with Gasteiger partial charge in [-0.2, -0.15) is 0 Å². The van der Waals surface area contributed by atoms with Crippen LogP contribution in [-0.4, -0.2) is 5.54 Å². The van der Waals surface area contributed by atoms with Gasteiger partial charge in [0.05, 0.1) is 0 Å². The molecular weight excluding hydrogens is 182 g/mol. The highest BCUT2D eigenvalue weighted by atomic mass is 14.9. The Kier molecular flexibility index (Phi) is 2.35. The summed E-state index contributed by atoms with van der Waals surface area (Å²) >= 11 is 0. The van der Waals surface area contributed by atoms with Gasteiger partial charge in [0.15, 0.2) is 0 Å². The highest BCUT2D eigenvalue weighted by Gasteiger charge is 2.66. The second kappa shape index (κ2) is 3.48. The lowest BCUT2D eigenvalue weighted by molar-refractivity contribution is 0.206. The van der Waals surface area contributed by atoms with E-state index in [9.17, 15) is 0 Å². The molecule has 0 aromatic carbocycles. The number of rotatable bonds is 2. The number of hydrogen-bond acceptors (Lipinski definition) is 1. The van der Waals surface area contributed by atoms with Gasteiger partial charge in [-0.05, 0) is 49.4 Å². The first-order valence-corrected chi connectivity index (χ1v) is 7.05. The summed E-state index contributed by atoms with van der Waals surface area (Å²) in [5.74, 6) is 3.76. The lowest BCUT2D eigenvalue weighted by Crippen LogP contribution is -2.39. The van der Waals surface area contributed by atoms with E-state index >= 15 is 0 Å². The molecule has 0 aromatic rings. The molecule has 0 radical (unpaired) electrons. The van der Waals surface area contributed by atoms with Crippen molar-refractivity contribution in [2.75, 3.05) is 0 Å². The Morgan fingerprint density at radius 2 is 1.60 bits per heavy atom. The normalized spacial score (nSPS) is 54.0. The van der Waals surface area contributed by atoms with Gasteiger partial charge < -0.3 is 5.73 Å². The van der Waals surface area contributed by atoms with Crippen LogP contribution >= 0.6 is 0 Å². The topological polar surface area (TPSA) is 26.0 Å². The Morgan fingerprint density at radius 1 is 1.00 bits per heavy atom. The zero-order valence-corrected chi connectivity index (χ0v) is 10.0. The average Bonchev–Trinajstić information content (AvgIpc) is 2.71. The molecule has 3 aliphatic carbocycles. The fraction of sp³-hybridized carbons (Fsp3) is 1.00. The molecule has 2 N–H and O–H groups in total. The van der Waals surface area contributed by atoms with Crippen LogP contribution in [-0.2, 0) is 0 Å². The van der Waals surface area contributed by atoms with Crippen molar-refractivity contribution in [1.29, 1.82) is 0 Å². The van der Waals surface area contributed by atoms with Gasteiger partial charge in [0.2, 0.25) is 0 Å². The zero-order valence-electron chi connectivity index (χ0n) is 10.0. The highest BCUT2D eigenvalue weighted by Crippen LogP contribution is 2.64. The third kappa shape index (κ3) is 1.39. The zero-order chi connectivity index (χ0) is 10.5. The van der Waals surface area contributed by atoms with Crippen LogP contribution in [0.25, 0.3) is 0 Å². The smallest absolute Gasteiger partial charge is 0.0246 e. The Labute approximate surface area is 93.8 Å². The quantitative estimate of drug-likeness (QED) is 0.738. The van der Waals surface area contributed by atoms with E-state index in [-0.39, 0.29) is 0 Å². The van der Waals surface area contributed by atoms with Crippen LogP contribution < -0.4 is 5.73 Å². The van der Waals surface area contributed by atoms with Crippen LogP contribution in [0.3, 0.4) is 0 Å². The number of hydrogen-bond donors (Lipinski definition) is 1. The molecule has 0 spiro atoms. The number of nitrogens with two attached hydrogens (primary N) is 1. The lowest BCUT2D eigenvalue weighted by Gasteiger charge is -2.34. The number of fused-ring (bicyclic) bond motifs is 1. The fourth-order valence-electron chi connectivity index (χ4n) is 4.72. The molecule has 0 bridgehead atoms. The van der Waals surface area contributed by atoms with Crippen LogP contribution in [0.1, 0.15) is 58.3 Å². The van der Waals surface area contributed by atoms with Gasteiger partial charge in [0.25, 0.3) is 0 Å². The molecule has 0 aromatic heterocycles. The Hall–Kier alpha value is -0.0400. The molecule has 3 fully saturated rings. The first-order valence-electron chi connectivity index (χ1n) is 7.05. The van der Waals surface area contributed by atoms with Gasteiger partial charge in [-0.15, -0.1) is 0 Å². The maximum absolute atomic E-state index is 6.66. The summed E-state index contributed by atoms with van der Waals surface area (Å²) in [4.78, 5) is 0. The predicted octanol–water partition coefficient (Wildman–Crippen LogP) is 3.33. The van der Waals surface area contributed by atoms with Crippen LogP contribution in [0.15, 0.2) is 0 Å². The van der Waals surface area contributed by atoms with E-state index in [1.165, 1.54) is 51.4 Å². The summed E-state index contributed by atoms with van der Waals surface area (Å²) in [5, 5.41) is 0. The molecule has 1 nitrogen and oxygen atoms in total. The molecule has 86 valence electrons. The molecule has 15 heavy (non-hydrogen) atoms. The van der Waals surface area contributed by atoms with Crippen LogP contribution in [0.4, 0.5) is 0 Å². The Morgan fingerprint density at radius 3 is 2.13 bits per heavy atom. The van der Waals surface area contributed by atoms with E-state index in [1.807, 2.05) is 0 Å². The maximum atomic E-state index is 6.66. The van der Waals surface area contributed by atoms with Gasteiger partial charge in [0.1, 0.15) is 0 Å². The predicted molar refractivity (Wildman–Crippen MR) is 63.5 cm³/mol. The standard InChI is InChI=1S/C14H25N/c1-2-10-6-8-11(9-7-10)14(15)12-4-3-5-13(12)14/h10-13H,2-9,15H2,1H3. The van der Waals surface area contributed by atoms with Gasteiger partial charge >= 0.3 is 0 Å². The minimum Gasteiger partial charge on any atom is -0.324 e. The third-order valence-electron chi connectivity index (χ3n) is 5.82. The molecule has 2 atom stereocenters. The van der Waals surface area contributed by atoms with Crippen molar-refractivity contribution in [2.24, 2.45) is 29.4 Å². The highest BCUT2D eigenvalue weighted by molar-refractivity contribution is 5.21. The minimum absolute atomic E-state index is 0.316. The van der Waals surface area contributed by atoms with Gasteiger partial charge in [0, 0.05) is 5.54 Å². The molecule has 0 saturated heterocycles. The van der Waals surface area contributed by atoms with Crippen LogP contribution in [0.2, 0.25) is 0 Å². The molecule has 3 aliphatic rings. The van der Waals surface area contributed by atoms with Crippen molar-refractivity contribution in [3.63, 3.8) is 0 Å². The maximum Gasteiger partial charge on any atom is 0.0246 e. The van der Waals surface area contributed by atoms with Crippen molar-refractivity contribution >= 4 is 0 Å². The largest absolute Gasteiger partial charge is 0.324 e. The van der Waals surface area contributed by atoms with E-state index in [0.29, 0.717) is 5.54 Å². The first kappa shape index (κ1) is 10.1. The Bertz CT molecular complexity index is 230. The van der Waals surface area contributed by atoms with E-state index in [1.54, 1.807) is 0 Å². The summed E-state index contributed by atoms with van der Waals surface area (Å²) in [6.45, 7) is 2.34. The van der Waals surface area contributed by atoms with Crippen molar-refractivity contribution in [1.82, 2.24) is 0 Å². The van der Waals surface area contributed by atoms with Gasteiger partial charge in [-0.3, -0.25) is 0 Å². The molecule has 0 aliphatic heterocycles. The summed E-state index contributed by atoms with van der Waals surface area (Å²) in [6.07, 6.45) is 11.5. The monoisotopic (exact) mass is 207 g/mol. The molecule has 0 heterocycles. The second-order valence-corrected chi connectivity index (χ2v) is 6.27. The lowest BCUT2D eigenvalue weighted by atomic mass is 9.74. The van der Waals surface area contributed by atoms with Crippen molar-refractivity contribution in [2.45, 2.75) is 63.8 Å². The minimum atomic E-state index is 0.316. The summed E-state index contributed by atoms with van der Waals surface area (Å²) in [5.41, 5.74) is 6.97. The van der Waals surface area contributed by atoms with Crippen molar-refractivity contribution < 1.29 is 0 Å². The SMILES string of the molecule is CCC1CCC(C2(N)C3CCCC32)CC1. The van der Waals surface area contributed by atoms with E-state index < -0.39 is 0 Å². The van der Waals surface area contributed by atoms with Crippen molar-refractivity contribution in [3.8, 4) is 0 Å². The molecule has 2 unspecified atom stereocenters. The molecular formula is C14H25N. The van der Waals surface area contributed by atoms with Gasteiger partial charge in [-0.1, -0.05) is 32.6 Å². The summed E-state index contributed by atoms with van der Waals surface area (Å²) < 4.78 is 0. The fourth-order valence-corrected chi connectivity index (χ4v) is 4.72. The van der Waals surface area contributed by atoms with E-state index in [0.717, 1.165) is 23.7 Å².